The van der Waals surface area contributed by atoms with E-state index in [0.717, 1.165) is 57.8 Å². The van der Waals surface area contributed by atoms with Gasteiger partial charge in [-0.1, -0.05) is 279 Å². The lowest BCUT2D eigenvalue weighted by Gasteiger charge is -2.40. The predicted molar refractivity (Wildman–Crippen MR) is 304 cm³/mol. The van der Waals surface area contributed by atoms with E-state index in [1.807, 2.05) is 12.2 Å². The summed E-state index contributed by atoms with van der Waals surface area (Å²) in [6.07, 6.45) is 65.3. The summed E-state index contributed by atoms with van der Waals surface area (Å²) in [7, 11) is 0. The van der Waals surface area contributed by atoms with Crippen molar-refractivity contribution in [1.82, 2.24) is 5.32 Å². The van der Waals surface area contributed by atoms with Crippen molar-refractivity contribution in [3.63, 3.8) is 0 Å². The van der Waals surface area contributed by atoms with Gasteiger partial charge >= 0.3 is 0 Å². The molecule has 7 atom stereocenters. The van der Waals surface area contributed by atoms with Crippen LogP contribution in [0.4, 0.5) is 0 Å². The molecule has 7 unspecified atom stereocenters. The normalized spacial score (nSPS) is 19.7. The van der Waals surface area contributed by atoms with Gasteiger partial charge in [-0.25, -0.2) is 0 Å². The van der Waals surface area contributed by atoms with Crippen LogP contribution in [0.1, 0.15) is 264 Å². The van der Waals surface area contributed by atoms with Crippen LogP contribution in [0, 0.1) is 0 Å². The average Bonchev–Trinajstić information content (AvgIpc) is 3.38. The maximum absolute atomic E-state index is 13.0. The molecule has 0 radical (unpaired) electrons. The third-order valence-corrected chi connectivity index (χ3v) is 14.1. The highest BCUT2D eigenvalue weighted by Gasteiger charge is 2.44. The Morgan fingerprint density at radius 1 is 0.486 bits per heavy atom. The Morgan fingerprint density at radius 2 is 0.833 bits per heavy atom. The van der Waals surface area contributed by atoms with Gasteiger partial charge in [-0.3, -0.25) is 4.79 Å². The van der Waals surface area contributed by atoms with Gasteiger partial charge in [0.25, 0.3) is 0 Å². The van der Waals surface area contributed by atoms with Crippen LogP contribution in [0.15, 0.2) is 72.9 Å². The Balaban J connectivity index is 2.20. The molecule has 418 valence electrons. The van der Waals surface area contributed by atoms with E-state index in [1.165, 1.54) is 173 Å². The van der Waals surface area contributed by atoms with E-state index in [1.54, 1.807) is 0 Å². The van der Waals surface area contributed by atoms with Crippen LogP contribution in [-0.2, 0) is 14.3 Å². The highest BCUT2D eigenvalue weighted by atomic mass is 16.7. The maximum Gasteiger partial charge on any atom is 0.220 e. The molecule has 0 aromatic carbocycles. The lowest BCUT2D eigenvalue weighted by molar-refractivity contribution is -0.302. The molecule has 0 aliphatic carbocycles. The van der Waals surface area contributed by atoms with E-state index < -0.39 is 49.5 Å². The zero-order chi connectivity index (χ0) is 52.2. The fourth-order valence-electron chi connectivity index (χ4n) is 9.36. The van der Waals surface area contributed by atoms with Crippen LogP contribution >= 0.6 is 0 Å². The Morgan fingerprint density at radius 3 is 1.19 bits per heavy atom. The summed E-state index contributed by atoms with van der Waals surface area (Å²) in [6, 6.07) is -0.765. The highest BCUT2D eigenvalue weighted by Crippen LogP contribution is 2.23. The number of carbonyl (C=O) groups excluding carboxylic acids is 1. The van der Waals surface area contributed by atoms with Crippen LogP contribution < -0.4 is 5.32 Å². The van der Waals surface area contributed by atoms with Crippen molar-refractivity contribution < 1.29 is 39.8 Å². The van der Waals surface area contributed by atoms with Crippen molar-refractivity contribution in [2.45, 2.75) is 307 Å². The van der Waals surface area contributed by atoms with Gasteiger partial charge < -0.3 is 40.3 Å². The van der Waals surface area contributed by atoms with E-state index in [9.17, 15) is 30.3 Å². The number of allylic oxidation sites excluding steroid dienone is 12. The van der Waals surface area contributed by atoms with Gasteiger partial charge in [-0.05, 0) is 51.4 Å². The minimum atomic E-state index is -1.57. The number of amides is 1. The molecule has 1 rings (SSSR count). The third kappa shape index (κ3) is 40.9. The second kappa shape index (κ2) is 52.1. The van der Waals surface area contributed by atoms with Crippen molar-refractivity contribution >= 4 is 5.91 Å². The summed E-state index contributed by atoms with van der Waals surface area (Å²) < 4.78 is 11.3. The Hall–Kier alpha value is -2.37. The Labute approximate surface area is 442 Å². The largest absolute Gasteiger partial charge is 0.394 e. The number of ether oxygens (including phenoxy) is 2. The maximum atomic E-state index is 13.0. The molecule has 9 heteroatoms. The molecule has 6 N–H and O–H groups in total. The first-order chi connectivity index (χ1) is 35.3. The molecular formula is C63H113NO8. The zero-order valence-corrected chi connectivity index (χ0v) is 46.4. The molecule has 1 aliphatic heterocycles. The quantitative estimate of drug-likeness (QED) is 0.0261. The number of nitrogens with one attached hydrogen (secondary N) is 1. The van der Waals surface area contributed by atoms with Gasteiger partial charge in [0.2, 0.25) is 5.91 Å². The van der Waals surface area contributed by atoms with Crippen molar-refractivity contribution in [3.05, 3.63) is 72.9 Å². The summed E-state index contributed by atoms with van der Waals surface area (Å²) >= 11 is 0. The van der Waals surface area contributed by atoms with E-state index in [0.29, 0.717) is 12.8 Å². The van der Waals surface area contributed by atoms with Crippen LogP contribution in [-0.4, -0.2) is 87.5 Å². The lowest BCUT2D eigenvalue weighted by atomic mass is 9.99. The fraction of sp³-hybridized carbons (Fsp3) is 0.794. The second-order valence-electron chi connectivity index (χ2n) is 20.8. The van der Waals surface area contributed by atoms with E-state index >= 15 is 0 Å². The fourth-order valence-corrected chi connectivity index (χ4v) is 9.36. The molecular weight excluding hydrogens is 899 g/mol. The predicted octanol–water partition coefficient (Wildman–Crippen LogP) is 15.2. The molecule has 0 spiro atoms. The molecule has 72 heavy (non-hydrogen) atoms. The van der Waals surface area contributed by atoms with Gasteiger partial charge in [0, 0.05) is 6.42 Å². The van der Waals surface area contributed by atoms with Gasteiger partial charge in [0.1, 0.15) is 24.4 Å². The van der Waals surface area contributed by atoms with Gasteiger partial charge in [-0.2, -0.15) is 0 Å². The Kier molecular flexibility index (Phi) is 48.9. The molecule has 1 saturated heterocycles. The van der Waals surface area contributed by atoms with Crippen molar-refractivity contribution in [2.24, 2.45) is 0 Å². The van der Waals surface area contributed by atoms with Gasteiger partial charge in [-0.15, -0.1) is 0 Å². The summed E-state index contributed by atoms with van der Waals surface area (Å²) in [5.74, 6) is -0.225. The molecule has 0 aromatic rings. The molecule has 0 aromatic heterocycles. The van der Waals surface area contributed by atoms with Crippen molar-refractivity contribution in [2.75, 3.05) is 13.2 Å². The van der Waals surface area contributed by atoms with Crippen molar-refractivity contribution in [1.29, 1.82) is 0 Å². The molecule has 1 aliphatic rings. The van der Waals surface area contributed by atoms with Crippen LogP contribution in [0.3, 0.4) is 0 Å². The topological polar surface area (TPSA) is 149 Å². The molecule has 0 bridgehead atoms. The van der Waals surface area contributed by atoms with Crippen LogP contribution in [0.2, 0.25) is 0 Å². The number of hydrogen-bond donors (Lipinski definition) is 6. The smallest absolute Gasteiger partial charge is 0.220 e. The van der Waals surface area contributed by atoms with E-state index in [-0.39, 0.29) is 18.9 Å². The summed E-state index contributed by atoms with van der Waals surface area (Å²) in [5, 5.41) is 54.6. The summed E-state index contributed by atoms with van der Waals surface area (Å²) in [5.41, 5.74) is 0. The highest BCUT2D eigenvalue weighted by molar-refractivity contribution is 5.76. The van der Waals surface area contributed by atoms with E-state index in [2.05, 4.69) is 79.9 Å². The Bertz CT molecular complexity index is 1360. The number of hydrogen-bond acceptors (Lipinski definition) is 8. The lowest BCUT2D eigenvalue weighted by Crippen LogP contribution is -2.60. The zero-order valence-electron chi connectivity index (χ0n) is 46.4. The number of unbranched alkanes of at least 4 members (excludes halogenated alkanes) is 29. The summed E-state index contributed by atoms with van der Waals surface area (Å²) in [6.45, 7) is 3.70. The first-order valence-electron chi connectivity index (χ1n) is 30.1. The number of carbonyl (C=O) groups is 1. The number of rotatable bonds is 51. The third-order valence-electron chi connectivity index (χ3n) is 14.1. The average molecular weight is 1010 g/mol. The second-order valence-corrected chi connectivity index (χ2v) is 20.8. The molecule has 9 nitrogen and oxygen atoms in total. The SMILES string of the molecule is CC/C=C\C/C=C\C/C=C\C/C=C\C/C=C\C/C=C\CCC(=O)NC(COC1OC(CO)C(O)C(O)C1O)C(O)CCCCCCCCCCCCCCCCCCCCCCCCCCCCCCCC. The monoisotopic (exact) mass is 1010 g/mol. The molecule has 1 heterocycles. The molecule has 0 saturated carbocycles. The molecule has 1 amide bonds. The minimum Gasteiger partial charge on any atom is -0.394 e. The van der Waals surface area contributed by atoms with Gasteiger partial charge in [0.15, 0.2) is 6.29 Å². The van der Waals surface area contributed by atoms with Crippen molar-refractivity contribution in [3.8, 4) is 0 Å². The molecule has 1 fully saturated rings. The van der Waals surface area contributed by atoms with Gasteiger partial charge in [0.05, 0.1) is 25.4 Å². The van der Waals surface area contributed by atoms with Crippen LogP contribution in [0.25, 0.3) is 0 Å². The standard InChI is InChI=1S/C63H113NO8/c1-3-5-7-9-11-13-15-17-19-21-23-24-25-26-27-28-29-30-31-32-33-35-36-38-40-42-44-46-48-50-52-57(66)56(55-71-63-62(70)61(69)60(68)58(54-65)72-63)64-59(67)53-51-49-47-45-43-41-39-37-34-22-20-18-16-14-12-10-8-6-4-2/h6,8,12,14,18,20,34,37,41,43,47,49,56-58,60-63,65-66,68-70H,3-5,7,9-11,13,15-17,19,21-33,35-36,38-40,42,44-46,48,50-55H2,1-2H3,(H,64,67)/b8-6-,14-12-,20-18-,37-34-,43-41-,49-47-. The van der Waals surface area contributed by atoms with Crippen LogP contribution in [0.5, 0.6) is 0 Å². The first kappa shape index (κ1) is 67.6. The van der Waals surface area contributed by atoms with E-state index in [4.69, 9.17) is 9.47 Å². The number of aliphatic hydroxyl groups excluding tert-OH is 5. The minimum absolute atomic E-state index is 0.172. The first-order valence-corrected chi connectivity index (χ1v) is 30.1. The summed E-state index contributed by atoms with van der Waals surface area (Å²) in [4.78, 5) is 13.0. The number of aliphatic hydroxyl groups is 5.